The van der Waals surface area contributed by atoms with E-state index in [4.69, 9.17) is 27.9 Å². The number of carbonyl (C=O) groups is 3. The lowest BCUT2D eigenvalue weighted by Gasteiger charge is -2.11. The molecule has 0 aliphatic rings. The number of carbonyl (C=O) groups excluding carboxylic acids is 3. The average Bonchev–Trinajstić information content (AvgIpc) is 2.64. The van der Waals surface area contributed by atoms with Crippen molar-refractivity contribution in [1.29, 1.82) is 0 Å². The third kappa shape index (κ3) is 5.94. The molecule has 0 atom stereocenters. The predicted octanol–water partition coefficient (Wildman–Crippen LogP) is 2.92. The van der Waals surface area contributed by atoms with Gasteiger partial charge in [-0.05, 0) is 37.1 Å². The zero-order valence-electron chi connectivity index (χ0n) is 14.6. The standard InChI is InChI=1S/C18H17Cl2N3O4/c1-10-4-3-5-14(11(10)2)23-15(24)8-21-16(25)9-27-18(26)12-6-13(19)17(20)22-7-12/h3-7H,8-9H2,1-2H3,(H,21,25)(H,23,24). The number of nitrogens with zero attached hydrogens (tertiary/aromatic N) is 1. The molecule has 0 spiro atoms. The van der Waals surface area contributed by atoms with Crippen LogP contribution < -0.4 is 10.6 Å². The maximum atomic E-state index is 11.9. The number of hydrogen-bond acceptors (Lipinski definition) is 5. The summed E-state index contributed by atoms with van der Waals surface area (Å²) in [5, 5.41) is 5.24. The first-order valence-electron chi connectivity index (χ1n) is 7.89. The highest BCUT2D eigenvalue weighted by Crippen LogP contribution is 2.20. The number of benzene rings is 1. The van der Waals surface area contributed by atoms with Gasteiger partial charge in [0, 0.05) is 11.9 Å². The van der Waals surface area contributed by atoms with Gasteiger partial charge in [-0.3, -0.25) is 9.59 Å². The van der Waals surface area contributed by atoms with Gasteiger partial charge in [-0.15, -0.1) is 0 Å². The lowest BCUT2D eigenvalue weighted by atomic mass is 10.1. The predicted molar refractivity (Wildman–Crippen MR) is 102 cm³/mol. The molecular weight excluding hydrogens is 393 g/mol. The fraction of sp³-hybridized carbons (Fsp3) is 0.222. The van der Waals surface area contributed by atoms with Crippen molar-refractivity contribution in [2.45, 2.75) is 13.8 Å². The van der Waals surface area contributed by atoms with E-state index in [0.717, 1.165) is 11.1 Å². The van der Waals surface area contributed by atoms with Gasteiger partial charge in [-0.1, -0.05) is 35.3 Å². The number of halogens is 2. The molecule has 0 saturated carbocycles. The number of pyridine rings is 1. The monoisotopic (exact) mass is 409 g/mol. The first-order valence-corrected chi connectivity index (χ1v) is 8.64. The van der Waals surface area contributed by atoms with Gasteiger partial charge in [0.2, 0.25) is 5.91 Å². The lowest BCUT2D eigenvalue weighted by Crippen LogP contribution is -2.35. The SMILES string of the molecule is Cc1cccc(NC(=O)CNC(=O)COC(=O)c2cnc(Cl)c(Cl)c2)c1C. The number of anilines is 1. The molecule has 142 valence electrons. The number of nitrogens with one attached hydrogen (secondary N) is 2. The largest absolute Gasteiger partial charge is 0.452 e. The first-order chi connectivity index (χ1) is 12.8. The van der Waals surface area contributed by atoms with Gasteiger partial charge in [0.15, 0.2) is 6.61 Å². The summed E-state index contributed by atoms with van der Waals surface area (Å²) < 4.78 is 4.85. The minimum atomic E-state index is -0.781. The molecule has 27 heavy (non-hydrogen) atoms. The van der Waals surface area contributed by atoms with Crippen molar-refractivity contribution in [1.82, 2.24) is 10.3 Å². The molecule has 0 saturated heterocycles. The summed E-state index contributed by atoms with van der Waals surface area (Å²) >= 11 is 11.4. The van der Waals surface area contributed by atoms with Crippen LogP contribution in [0.2, 0.25) is 10.2 Å². The summed E-state index contributed by atoms with van der Waals surface area (Å²) in [6, 6.07) is 6.82. The number of amides is 2. The molecule has 0 aliphatic heterocycles. The van der Waals surface area contributed by atoms with Gasteiger partial charge < -0.3 is 15.4 Å². The Hall–Kier alpha value is -2.64. The molecule has 2 aromatic rings. The molecule has 2 N–H and O–H groups in total. The van der Waals surface area contributed by atoms with Crippen LogP contribution in [-0.2, 0) is 14.3 Å². The Balaban J connectivity index is 1.78. The van der Waals surface area contributed by atoms with Gasteiger partial charge in [0.05, 0.1) is 17.1 Å². The van der Waals surface area contributed by atoms with Crippen LogP contribution in [0.15, 0.2) is 30.5 Å². The minimum absolute atomic E-state index is 0.0563. The van der Waals surface area contributed by atoms with Crippen LogP contribution in [-0.4, -0.2) is 35.9 Å². The fourth-order valence-electron chi connectivity index (χ4n) is 2.06. The lowest BCUT2D eigenvalue weighted by molar-refractivity contribution is -0.126. The molecular formula is C18H17Cl2N3O4. The molecule has 1 aromatic heterocycles. The first kappa shape index (κ1) is 20.7. The van der Waals surface area contributed by atoms with Crippen molar-refractivity contribution in [3.05, 3.63) is 57.3 Å². The maximum absolute atomic E-state index is 11.9. The van der Waals surface area contributed by atoms with E-state index in [0.29, 0.717) is 5.69 Å². The zero-order valence-corrected chi connectivity index (χ0v) is 16.1. The Bertz CT molecular complexity index is 887. The highest BCUT2D eigenvalue weighted by molar-refractivity contribution is 6.41. The summed E-state index contributed by atoms with van der Waals surface area (Å²) in [7, 11) is 0. The molecule has 7 nitrogen and oxygen atoms in total. The van der Waals surface area contributed by atoms with Gasteiger partial charge in [-0.25, -0.2) is 9.78 Å². The Kier molecular flexibility index (Phi) is 7.15. The Morgan fingerprint density at radius 3 is 2.59 bits per heavy atom. The molecule has 0 unspecified atom stereocenters. The summed E-state index contributed by atoms with van der Waals surface area (Å²) in [4.78, 5) is 39.2. The Morgan fingerprint density at radius 2 is 1.89 bits per heavy atom. The molecule has 1 heterocycles. The average molecular weight is 410 g/mol. The summed E-state index contributed by atoms with van der Waals surface area (Å²) in [6.07, 6.45) is 1.19. The molecule has 2 rings (SSSR count). The topological polar surface area (TPSA) is 97.4 Å². The Labute approximate surface area is 166 Å². The number of aryl methyl sites for hydroxylation is 1. The van der Waals surface area contributed by atoms with Crippen molar-refractivity contribution in [2.24, 2.45) is 0 Å². The second-order valence-corrected chi connectivity index (χ2v) is 6.41. The van der Waals surface area contributed by atoms with Crippen LogP contribution >= 0.6 is 23.2 Å². The van der Waals surface area contributed by atoms with E-state index in [-0.39, 0.29) is 22.3 Å². The van der Waals surface area contributed by atoms with Crippen LogP contribution in [0.3, 0.4) is 0 Å². The summed E-state index contributed by atoms with van der Waals surface area (Å²) in [5.41, 5.74) is 2.72. The minimum Gasteiger partial charge on any atom is -0.452 e. The second kappa shape index (κ2) is 9.34. The molecule has 1 aromatic carbocycles. The van der Waals surface area contributed by atoms with E-state index >= 15 is 0 Å². The third-order valence-electron chi connectivity index (χ3n) is 3.69. The highest BCUT2D eigenvalue weighted by atomic mass is 35.5. The number of hydrogen-bond donors (Lipinski definition) is 2. The van der Waals surface area contributed by atoms with E-state index < -0.39 is 24.4 Å². The zero-order chi connectivity index (χ0) is 20.0. The normalized spacial score (nSPS) is 10.2. The number of ether oxygens (including phenoxy) is 1. The van der Waals surface area contributed by atoms with E-state index in [9.17, 15) is 14.4 Å². The van der Waals surface area contributed by atoms with E-state index in [1.165, 1.54) is 12.3 Å². The van der Waals surface area contributed by atoms with Crippen LogP contribution in [0.4, 0.5) is 5.69 Å². The van der Waals surface area contributed by atoms with Crippen molar-refractivity contribution >= 4 is 46.7 Å². The quantitative estimate of drug-likeness (QED) is 0.564. The van der Waals surface area contributed by atoms with Crippen LogP contribution in [0, 0.1) is 13.8 Å². The highest BCUT2D eigenvalue weighted by Gasteiger charge is 2.13. The molecule has 0 aliphatic carbocycles. The van der Waals surface area contributed by atoms with Gasteiger partial charge >= 0.3 is 5.97 Å². The molecule has 0 bridgehead atoms. The molecule has 2 amide bonds. The molecule has 9 heteroatoms. The van der Waals surface area contributed by atoms with E-state index in [2.05, 4.69) is 15.6 Å². The number of rotatable bonds is 6. The molecule has 0 radical (unpaired) electrons. The van der Waals surface area contributed by atoms with Gasteiger partial charge in [-0.2, -0.15) is 0 Å². The van der Waals surface area contributed by atoms with E-state index in [1.54, 1.807) is 6.07 Å². The van der Waals surface area contributed by atoms with Crippen molar-refractivity contribution in [3.63, 3.8) is 0 Å². The van der Waals surface area contributed by atoms with E-state index in [1.807, 2.05) is 26.0 Å². The smallest absolute Gasteiger partial charge is 0.340 e. The second-order valence-electron chi connectivity index (χ2n) is 5.65. The maximum Gasteiger partial charge on any atom is 0.340 e. The van der Waals surface area contributed by atoms with Crippen molar-refractivity contribution in [2.75, 3.05) is 18.5 Å². The van der Waals surface area contributed by atoms with Crippen LogP contribution in [0.5, 0.6) is 0 Å². The van der Waals surface area contributed by atoms with Crippen LogP contribution in [0.25, 0.3) is 0 Å². The summed E-state index contributed by atoms with van der Waals surface area (Å²) in [6.45, 7) is 3.03. The van der Waals surface area contributed by atoms with Crippen LogP contribution in [0.1, 0.15) is 21.5 Å². The third-order valence-corrected chi connectivity index (χ3v) is 4.38. The van der Waals surface area contributed by atoms with Gasteiger partial charge in [0.1, 0.15) is 5.15 Å². The van der Waals surface area contributed by atoms with Crippen molar-refractivity contribution < 1.29 is 19.1 Å². The fourth-order valence-corrected chi connectivity index (χ4v) is 2.33. The molecule has 0 fully saturated rings. The Morgan fingerprint density at radius 1 is 1.15 bits per heavy atom. The number of esters is 1. The van der Waals surface area contributed by atoms with Gasteiger partial charge in [0.25, 0.3) is 5.91 Å². The summed E-state index contributed by atoms with van der Waals surface area (Å²) in [5.74, 6) is -1.79. The number of aromatic nitrogens is 1. The van der Waals surface area contributed by atoms with Crippen molar-refractivity contribution in [3.8, 4) is 0 Å².